The van der Waals surface area contributed by atoms with Crippen LogP contribution in [0.25, 0.3) is 0 Å². The van der Waals surface area contributed by atoms with E-state index in [0.29, 0.717) is 13.1 Å². The van der Waals surface area contributed by atoms with Crippen molar-refractivity contribution in [1.82, 2.24) is 5.32 Å². The van der Waals surface area contributed by atoms with E-state index in [0.717, 1.165) is 43.3 Å². The van der Waals surface area contributed by atoms with Gasteiger partial charge >= 0.3 is 0 Å². The van der Waals surface area contributed by atoms with Crippen LogP contribution in [0, 0.1) is 0 Å². The molecule has 0 amide bonds. The van der Waals surface area contributed by atoms with Gasteiger partial charge in [-0.15, -0.1) is 0 Å². The minimum absolute atomic E-state index is 0.0318. The highest BCUT2D eigenvalue weighted by Crippen LogP contribution is 2.14. The van der Waals surface area contributed by atoms with Crippen LogP contribution >= 0.6 is 0 Å². The third kappa shape index (κ3) is 2.12. The topological polar surface area (TPSA) is 85.7 Å². The third-order valence-corrected chi connectivity index (χ3v) is 3.09. The third-order valence-electron chi connectivity index (χ3n) is 3.09. The summed E-state index contributed by atoms with van der Waals surface area (Å²) in [7, 11) is 0. The van der Waals surface area contributed by atoms with E-state index in [1.54, 1.807) is 0 Å². The van der Waals surface area contributed by atoms with E-state index >= 15 is 0 Å². The number of quaternary nitrogens is 1. The van der Waals surface area contributed by atoms with Crippen molar-refractivity contribution in [2.45, 2.75) is 6.17 Å². The number of aliphatic imine (C=N–C) groups is 1. The van der Waals surface area contributed by atoms with Crippen LogP contribution in [-0.4, -0.2) is 62.5 Å². The van der Waals surface area contributed by atoms with Crippen LogP contribution in [0.1, 0.15) is 0 Å². The van der Waals surface area contributed by atoms with E-state index in [4.69, 9.17) is 16.2 Å². The first-order valence-electron chi connectivity index (χ1n) is 5.48. The van der Waals surface area contributed by atoms with E-state index < -0.39 is 0 Å². The molecule has 0 aliphatic carbocycles. The molecule has 0 aromatic heterocycles. The highest BCUT2D eigenvalue weighted by atomic mass is 16.5. The van der Waals surface area contributed by atoms with Crippen molar-refractivity contribution in [3.8, 4) is 0 Å². The van der Waals surface area contributed by atoms with Crippen LogP contribution < -0.4 is 16.8 Å². The van der Waals surface area contributed by atoms with Gasteiger partial charge in [-0.3, -0.25) is 4.48 Å². The van der Waals surface area contributed by atoms with Crippen molar-refractivity contribution in [2.75, 3.05) is 45.9 Å². The summed E-state index contributed by atoms with van der Waals surface area (Å²) in [6.45, 7) is 5.66. The molecular weight excluding hydrogens is 194 g/mol. The summed E-state index contributed by atoms with van der Waals surface area (Å²) in [4.78, 5) is 4.47. The number of nitrogens with two attached hydrogens (primary N) is 2. The lowest BCUT2D eigenvalue weighted by Crippen LogP contribution is -2.64. The highest BCUT2D eigenvalue weighted by molar-refractivity contribution is 5.75. The molecule has 0 spiro atoms. The predicted molar refractivity (Wildman–Crippen MR) is 58.1 cm³/mol. The maximum Gasteiger partial charge on any atom is 0.299 e. The molecule has 2 aliphatic rings. The Hall–Kier alpha value is -0.690. The normalized spacial score (nSPS) is 29.7. The summed E-state index contributed by atoms with van der Waals surface area (Å²) < 4.78 is 6.20. The Bertz CT molecular complexity index is 243. The molecule has 2 rings (SSSR count). The number of ether oxygens (including phenoxy) is 1. The Morgan fingerprint density at radius 3 is 2.73 bits per heavy atom. The standard InChI is InChI=1S/C9H20N5O/c10-1-2-14(3-5-15-6-4-14)9-12-7-8(11)13-9/h8H,1-7,10-11H2,(H,12,13)/q+1. The lowest BCUT2D eigenvalue weighted by molar-refractivity contribution is -0.851. The van der Waals surface area contributed by atoms with Gasteiger partial charge in [0, 0.05) is 6.54 Å². The molecule has 6 nitrogen and oxygen atoms in total. The highest BCUT2D eigenvalue weighted by Gasteiger charge is 2.38. The van der Waals surface area contributed by atoms with Crippen LogP contribution in [0.15, 0.2) is 4.99 Å². The lowest BCUT2D eigenvalue weighted by Gasteiger charge is -2.39. The molecule has 1 unspecified atom stereocenters. The van der Waals surface area contributed by atoms with Crippen molar-refractivity contribution in [1.29, 1.82) is 0 Å². The fourth-order valence-corrected chi connectivity index (χ4v) is 2.21. The maximum atomic E-state index is 5.79. The van der Waals surface area contributed by atoms with E-state index in [1.807, 2.05) is 0 Å². The SMILES string of the molecule is NCC[N+]1(C2=NCC(N)N2)CCOCC1. The van der Waals surface area contributed by atoms with Gasteiger partial charge in [-0.25, -0.2) is 4.99 Å². The van der Waals surface area contributed by atoms with Crippen LogP contribution in [0.5, 0.6) is 0 Å². The summed E-state index contributed by atoms with van der Waals surface area (Å²) in [5, 5.41) is 3.24. The van der Waals surface area contributed by atoms with Crippen LogP contribution in [-0.2, 0) is 4.74 Å². The molecule has 6 heteroatoms. The number of hydrogen-bond donors (Lipinski definition) is 3. The number of rotatable bonds is 2. The lowest BCUT2D eigenvalue weighted by atomic mass is 10.3. The van der Waals surface area contributed by atoms with Gasteiger partial charge in [0.2, 0.25) is 0 Å². The van der Waals surface area contributed by atoms with Crippen LogP contribution in [0.4, 0.5) is 0 Å². The largest absolute Gasteiger partial charge is 0.370 e. The van der Waals surface area contributed by atoms with Crippen molar-refractivity contribution < 1.29 is 9.22 Å². The van der Waals surface area contributed by atoms with Gasteiger partial charge in [0.15, 0.2) is 0 Å². The Kier molecular flexibility index (Phi) is 3.20. The second-order valence-electron chi connectivity index (χ2n) is 4.13. The monoisotopic (exact) mass is 214 g/mol. The summed E-state index contributed by atoms with van der Waals surface area (Å²) in [5.74, 6) is 0.997. The zero-order chi connectivity index (χ0) is 10.7. The molecule has 1 atom stereocenters. The van der Waals surface area contributed by atoms with Gasteiger partial charge in [-0.05, 0) is 0 Å². The van der Waals surface area contributed by atoms with Crippen LogP contribution in [0.3, 0.4) is 0 Å². The first kappa shape index (κ1) is 10.8. The van der Waals surface area contributed by atoms with Crippen LogP contribution in [0.2, 0.25) is 0 Å². The molecule has 15 heavy (non-hydrogen) atoms. The average molecular weight is 214 g/mol. The molecular formula is C9H20N5O+. The molecule has 1 fully saturated rings. The molecule has 5 N–H and O–H groups in total. The fourth-order valence-electron chi connectivity index (χ4n) is 2.21. The van der Waals surface area contributed by atoms with E-state index in [-0.39, 0.29) is 6.17 Å². The quantitative estimate of drug-likeness (QED) is 0.466. The zero-order valence-corrected chi connectivity index (χ0v) is 8.98. The average Bonchev–Trinajstić information content (AvgIpc) is 2.67. The van der Waals surface area contributed by atoms with E-state index in [2.05, 4.69) is 10.3 Å². The molecule has 0 aromatic carbocycles. The Labute approximate surface area is 89.9 Å². The molecule has 0 aromatic rings. The van der Waals surface area contributed by atoms with Gasteiger partial charge in [0.25, 0.3) is 5.96 Å². The molecule has 1 saturated heterocycles. The molecule has 0 bridgehead atoms. The molecule has 86 valence electrons. The Morgan fingerprint density at radius 1 is 1.47 bits per heavy atom. The molecule has 0 saturated carbocycles. The van der Waals surface area contributed by atoms with E-state index in [1.165, 1.54) is 0 Å². The fraction of sp³-hybridized carbons (Fsp3) is 0.889. The van der Waals surface area contributed by atoms with Crippen molar-refractivity contribution in [3.05, 3.63) is 0 Å². The number of hydrogen-bond acceptors (Lipinski definition) is 5. The zero-order valence-electron chi connectivity index (χ0n) is 8.98. The van der Waals surface area contributed by atoms with Crippen molar-refractivity contribution >= 4 is 5.96 Å². The first-order valence-corrected chi connectivity index (χ1v) is 5.48. The van der Waals surface area contributed by atoms with Crippen molar-refractivity contribution in [3.63, 3.8) is 0 Å². The van der Waals surface area contributed by atoms with Gasteiger partial charge < -0.3 is 21.5 Å². The van der Waals surface area contributed by atoms with Crippen molar-refractivity contribution in [2.24, 2.45) is 16.5 Å². The molecule has 2 heterocycles. The number of nitrogens with zero attached hydrogens (tertiary/aromatic N) is 2. The summed E-state index contributed by atoms with van der Waals surface area (Å²) in [5.41, 5.74) is 11.5. The van der Waals surface area contributed by atoms with Gasteiger partial charge in [0.1, 0.15) is 19.3 Å². The molecule has 0 radical (unpaired) electrons. The first-order chi connectivity index (χ1) is 7.27. The van der Waals surface area contributed by atoms with Gasteiger partial charge in [0.05, 0.1) is 26.3 Å². The summed E-state index contributed by atoms with van der Waals surface area (Å²) in [6.07, 6.45) is -0.0318. The van der Waals surface area contributed by atoms with Gasteiger partial charge in [-0.2, -0.15) is 0 Å². The Balaban J connectivity index is 2.10. The summed E-state index contributed by atoms with van der Waals surface area (Å²) in [6, 6.07) is 0. The van der Waals surface area contributed by atoms with E-state index in [9.17, 15) is 0 Å². The second-order valence-corrected chi connectivity index (χ2v) is 4.13. The molecule has 2 aliphatic heterocycles. The Morgan fingerprint density at radius 2 is 2.20 bits per heavy atom. The minimum atomic E-state index is -0.0318. The number of nitrogens with one attached hydrogen (secondary N) is 1. The predicted octanol–water partition coefficient (Wildman–Crippen LogP) is -1.96. The number of guanidine groups is 1. The second kappa shape index (κ2) is 4.44. The minimum Gasteiger partial charge on any atom is -0.370 e. The van der Waals surface area contributed by atoms with Gasteiger partial charge in [-0.1, -0.05) is 0 Å². The number of morpholine rings is 1. The smallest absolute Gasteiger partial charge is 0.299 e. The maximum absolute atomic E-state index is 5.79. The summed E-state index contributed by atoms with van der Waals surface area (Å²) >= 11 is 0.